The number of ether oxygens (including phenoxy) is 1. The highest BCUT2D eigenvalue weighted by atomic mass is 35.5. The zero-order valence-corrected chi connectivity index (χ0v) is 13.8. The van der Waals surface area contributed by atoms with Crippen molar-refractivity contribution in [3.8, 4) is 5.75 Å². The molecule has 0 fully saturated rings. The molecule has 0 bridgehead atoms. The Morgan fingerprint density at radius 1 is 0.652 bits per heavy atom. The van der Waals surface area contributed by atoms with E-state index < -0.39 is 0 Å². The first-order valence-corrected chi connectivity index (χ1v) is 8.11. The molecular weight excluding hydrogens is 304 g/mol. The fraction of sp³-hybridized carbons (Fsp3) is 0.143. The number of hydrogen-bond donors (Lipinski definition) is 0. The first-order valence-electron chi connectivity index (χ1n) is 7.67. The highest BCUT2D eigenvalue weighted by Gasteiger charge is 2.24. The quantitative estimate of drug-likeness (QED) is 0.539. The Labute approximate surface area is 142 Å². The van der Waals surface area contributed by atoms with Gasteiger partial charge in [0.05, 0.1) is 12.5 Å². The zero-order valence-electron chi connectivity index (χ0n) is 13.0. The normalized spacial score (nSPS) is 13.3. The number of methoxy groups -OCH3 is 1. The van der Waals surface area contributed by atoms with E-state index in [-0.39, 0.29) is 11.3 Å². The van der Waals surface area contributed by atoms with Crippen molar-refractivity contribution in [3.63, 3.8) is 0 Å². The highest BCUT2D eigenvalue weighted by molar-refractivity contribution is 6.21. The van der Waals surface area contributed by atoms with Crippen LogP contribution in [0, 0.1) is 0 Å². The SMILES string of the molecule is COc1ccc(C(c2ccccc2)C(Cl)c2ccccc2)cc1. The van der Waals surface area contributed by atoms with Gasteiger partial charge in [0.1, 0.15) is 5.75 Å². The van der Waals surface area contributed by atoms with Crippen molar-refractivity contribution in [2.75, 3.05) is 7.11 Å². The van der Waals surface area contributed by atoms with Gasteiger partial charge in [0.25, 0.3) is 0 Å². The molecule has 23 heavy (non-hydrogen) atoms. The van der Waals surface area contributed by atoms with Crippen LogP contribution in [0.25, 0.3) is 0 Å². The van der Waals surface area contributed by atoms with Crippen molar-refractivity contribution in [1.29, 1.82) is 0 Å². The molecule has 0 heterocycles. The number of alkyl halides is 1. The summed E-state index contributed by atoms with van der Waals surface area (Å²) >= 11 is 6.88. The molecule has 0 spiro atoms. The Kier molecular flexibility index (Phi) is 4.99. The molecule has 0 aromatic heterocycles. The molecule has 0 aliphatic heterocycles. The average molecular weight is 323 g/mol. The molecule has 1 nitrogen and oxygen atoms in total. The molecule has 0 N–H and O–H groups in total. The minimum atomic E-state index is -0.132. The number of halogens is 1. The van der Waals surface area contributed by atoms with Crippen molar-refractivity contribution >= 4 is 11.6 Å². The molecule has 2 heteroatoms. The van der Waals surface area contributed by atoms with Crippen molar-refractivity contribution in [1.82, 2.24) is 0 Å². The number of hydrogen-bond acceptors (Lipinski definition) is 1. The maximum absolute atomic E-state index is 6.88. The number of benzene rings is 3. The smallest absolute Gasteiger partial charge is 0.118 e. The van der Waals surface area contributed by atoms with Crippen molar-refractivity contribution in [3.05, 3.63) is 102 Å². The van der Waals surface area contributed by atoms with Crippen LogP contribution in [0.1, 0.15) is 28.0 Å². The standard InChI is InChI=1S/C21H19ClO/c1-23-19-14-12-17(13-15-19)20(16-8-4-2-5-9-16)21(22)18-10-6-3-7-11-18/h2-15,20-21H,1H3. The minimum Gasteiger partial charge on any atom is -0.497 e. The second-order valence-electron chi connectivity index (χ2n) is 5.47. The lowest BCUT2D eigenvalue weighted by Gasteiger charge is -2.24. The summed E-state index contributed by atoms with van der Waals surface area (Å²) in [6.45, 7) is 0. The fourth-order valence-corrected chi connectivity index (χ4v) is 3.27. The first kappa shape index (κ1) is 15.6. The Balaban J connectivity index is 2.03. The van der Waals surface area contributed by atoms with E-state index in [2.05, 4.69) is 48.5 Å². The molecule has 0 radical (unpaired) electrons. The van der Waals surface area contributed by atoms with Crippen LogP contribution in [0.2, 0.25) is 0 Å². The summed E-state index contributed by atoms with van der Waals surface area (Å²) in [6, 6.07) is 28.8. The Bertz CT molecular complexity index is 723. The van der Waals surface area contributed by atoms with E-state index >= 15 is 0 Å². The van der Waals surface area contributed by atoms with Gasteiger partial charge in [-0.2, -0.15) is 0 Å². The second kappa shape index (κ2) is 7.34. The Morgan fingerprint density at radius 2 is 1.13 bits per heavy atom. The van der Waals surface area contributed by atoms with Crippen LogP contribution >= 0.6 is 11.6 Å². The lowest BCUT2D eigenvalue weighted by Crippen LogP contribution is -2.08. The van der Waals surface area contributed by atoms with E-state index in [1.165, 1.54) is 11.1 Å². The summed E-state index contributed by atoms with van der Waals surface area (Å²) in [5.41, 5.74) is 3.52. The summed E-state index contributed by atoms with van der Waals surface area (Å²) in [6.07, 6.45) is 0. The van der Waals surface area contributed by atoms with Crippen molar-refractivity contribution in [2.45, 2.75) is 11.3 Å². The predicted octanol–water partition coefficient (Wildman–Crippen LogP) is 5.81. The third-order valence-electron chi connectivity index (χ3n) is 4.04. The van der Waals surface area contributed by atoms with Crippen LogP contribution in [0.3, 0.4) is 0 Å². The average Bonchev–Trinajstić information content (AvgIpc) is 2.64. The second-order valence-corrected chi connectivity index (χ2v) is 5.94. The van der Waals surface area contributed by atoms with E-state index in [9.17, 15) is 0 Å². The largest absolute Gasteiger partial charge is 0.497 e. The maximum Gasteiger partial charge on any atom is 0.118 e. The lowest BCUT2D eigenvalue weighted by molar-refractivity contribution is 0.414. The van der Waals surface area contributed by atoms with Crippen LogP contribution in [-0.2, 0) is 0 Å². The third-order valence-corrected chi connectivity index (χ3v) is 4.55. The van der Waals surface area contributed by atoms with Gasteiger partial charge < -0.3 is 4.74 Å². The molecular formula is C21H19ClO. The van der Waals surface area contributed by atoms with Gasteiger partial charge in [-0.3, -0.25) is 0 Å². The molecule has 3 rings (SSSR count). The van der Waals surface area contributed by atoms with Crippen LogP contribution in [-0.4, -0.2) is 7.11 Å². The summed E-state index contributed by atoms with van der Waals surface area (Å²) in [4.78, 5) is 0. The van der Waals surface area contributed by atoms with Gasteiger partial charge in [-0.15, -0.1) is 11.6 Å². The fourth-order valence-electron chi connectivity index (χ4n) is 2.83. The van der Waals surface area contributed by atoms with Gasteiger partial charge in [-0.05, 0) is 28.8 Å². The molecule has 0 aliphatic carbocycles. The van der Waals surface area contributed by atoms with E-state index in [1.54, 1.807) is 7.11 Å². The maximum atomic E-state index is 6.88. The van der Waals surface area contributed by atoms with E-state index in [1.807, 2.05) is 36.4 Å². The van der Waals surface area contributed by atoms with Gasteiger partial charge in [-0.25, -0.2) is 0 Å². The molecule has 116 valence electrons. The minimum absolute atomic E-state index is 0.0890. The monoisotopic (exact) mass is 322 g/mol. The van der Waals surface area contributed by atoms with Gasteiger partial charge in [-0.1, -0.05) is 72.8 Å². The molecule has 0 aliphatic rings. The predicted molar refractivity (Wildman–Crippen MR) is 96.3 cm³/mol. The molecule has 2 unspecified atom stereocenters. The molecule has 2 atom stereocenters. The van der Waals surface area contributed by atoms with Crippen LogP contribution < -0.4 is 4.74 Å². The van der Waals surface area contributed by atoms with E-state index in [0.717, 1.165) is 11.3 Å². The topological polar surface area (TPSA) is 9.23 Å². The molecule has 0 saturated heterocycles. The summed E-state index contributed by atoms with van der Waals surface area (Å²) in [5, 5.41) is -0.132. The third kappa shape index (κ3) is 3.57. The van der Waals surface area contributed by atoms with E-state index in [0.29, 0.717) is 0 Å². The van der Waals surface area contributed by atoms with E-state index in [4.69, 9.17) is 16.3 Å². The molecule has 0 amide bonds. The lowest BCUT2D eigenvalue weighted by atomic mass is 9.85. The van der Waals surface area contributed by atoms with Crippen molar-refractivity contribution < 1.29 is 4.74 Å². The van der Waals surface area contributed by atoms with Gasteiger partial charge >= 0.3 is 0 Å². The molecule has 3 aromatic rings. The van der Waals surface area contributed by atoms with Crippen LogP contribution in [0.5, 0.6) is 5.75 Å². The number of rotatable bonds is 5. The van der Waals surface area contributed by atoms with Crippen LogP contribution in [0.4, 0.5) is 0 Å². The van der Waals surface area contributed by atoms with Gasteiger partial charge in [0.2, 0.25) is 0 Å². The summed E-state index contributed by atoms with van der Waals surface area (Å²) < 4.78 is 5.27. The Morgan fingerprint density at radius 3 is 1.65 bits per heavy atom. The molecule has 0 saturated carbocycles. The van der Waals surface area contributed by atoms with Gasteiger partial charge in [0, 0.05) is 5.92 Å². The van der Waals surface area contributed by atoms with Gasteiger partial charge in [0.15, 0.2) is 0 Å². The zero-order chi connectivity index (χ0) is 16.1. The molecule has 3 aromatic carbocycles. The van der Waals surface area contributed by atoms with Crippen molar-refractivity contribution in [2.24, 2.45) is 0 Å². The summed E-state index contributed by atoms with van der Waals surface area (Å²) in [7, 11) is 1.68. The highest BCUT2D eigenvalue weighted by Crippen LogP contribution is 2.41. The Hall–Kier alpha value is -2.25. The summed E-state index contributed by atoms with van der Waals surface area (Å²) in [5.74, 6) is 0.942. The van der Waals surface area contributed by atoms with Crippen LogP contribution in [0.15, 0.2) is 84.9 Å². The first-order chi connectivity index (χ1) is 11.3.